The molecule has 0 aliphatic carbocycles. The van der Waals surface area contributed by atoms with E-state index in [1.165, 1.54) is 5.56 Å². The van der Waals surface area contributed by atoms with Crippen LogP contribution in [0.1, 0.15) is 30.6 Å². The van der Waals surface area contributed by atoms with Crippen LogP contribution in [-0.4, -0.2) is 27.5 Å². The molecule has 2 aromatic rings. The number of aliphatic hydroxyl groups excluding tert-OH is 1. The van der Waals surface area contributed by atoms with Crippen LogP contribution in [-0.2, 0) is 6.54 Å². The van der Waals surface area contributed by atoms with Gasteiger partial charge in [-0.05, 0) is 31.9 Å². The molecule has 20 heavy (non-hydrogen) atoms. The van der Waals surface area contributed by atoms with Crippen molar-refractivity contribution in [3.05, 3.63) is 53.9 Å². The Balaban J connectivity index is 1.72. The summed E-state index contributed by atoms with van der Waals surface area (Å²) in [5.74, 6) is 0. The molecule has 4 nitrogen and oxygen atoms in total. The minimum Gasteiger partial charge on any atom is -0.387 e. The fourth-order valence-corrected chi connectivity index (χ4v) is 2.08. The number of hydrogen-bond donors (Lipinski definition) is 2. The topological polar surface area (TPSA) is 50.1 Å². The zero-order valence-corrected chi connectivity index (χ0v) is 12.2. The molecule has 0 aliphatic rings. The molecular formula is C16H23N3O. The zero-order chi connectivity index (χ0) is 14.4. The number of aryl methyl sites for hydroxylation is 2. The molecule has 0 amide bonds. The molecule has 0 saturated heterocycles. The largest absolute Gasteiger partial charge is 0.387 e. The fraction of sp³-hybridized carbons (Fsp3) is 0.438. The lowest BCUT2D eigenvalue weighted by molar-refractivity contribution is 0.169. The van der Waals surface area contributed by atoms with Crippen LogP contribution in [0, 0.1) is 6.92 Å². The van der Waals surface area contributed by atoms with Crippen LogP contribution in [0.15, 0.2) is 42.7 Å². The fourth-order valence-electron chi connectivity index (χ4n) is 2.08. The van der Waals surface area contributed by atoms with E-state index in [0.717, 1.165) is 18.5 Å². The van der Waals surface area contributed by atoms with Gasteiger partial charge in [-0.15, -0.1) is 0 Å². The highest BCUT2D eigenvalue weighted by molar-refractivity contribution is 5.23. The van der Waals surface area contributed by atoms with Gasteiger partial charge in [-0.25, -0.2) is 0 Å². The van der Waals surface area contributed by atoms with Crippen molar-refractivity contribution in [3.63, 3.8) is 0 Å². The van der Waals surface area contributed by atoms with Gasteiger partial charge in [0.15, 0.2) is 0 Å². The van der Waals surface area contributed by atoms with Crippen molar-refractivity contribution < 1.29 is 5.11 Å². The van der Waals surface area contributed by atoms with E-state index in [4.69, 9.17) is 0 Å². The van der Waals surface area contributed by atoms with Gasteiger partial charge in [0.2, 0.25) is 0 Å². The molecule has 4 heteroatoms. The maximum absolute atomic E-state index is 10.1. The summed E-state index contributed by atoms with van der Waals surface area (Å²) >= 11 is 0. The Hall–Kier alpha value is -1.65. The molecule has 1 heterocycles. The Labute approximate surface area is 120 Å². The summed E-state index contributed by atoms with van der Waals surface area (Å²) in [6, 6.07) is 10.3. The number of rotatable bonds is 7. The highest BCUT2D eigenvalue weighted by Gasteiger charge is 2.09. The van der Waals surface area contributed by atoms with Gasteiger partial charge < -0.3 is 10.4 Å². The molecule has 108 valence electrons. The molecule has 1 aromatic heterocycles. The summed E-state index contributed by atoms with van der Waals surface area (Å²) in [4.78, 5) is 0. The Morgan fingerprint density at radius 1 is 1.30 bits per heavy atom. The second-order valence-corrected chi connectivity index (χ2v) is 5.29. The van der Waals surface area contributed by atoms with Crippen molar-refractivity contribution in [2.24, 2.45) is 0 Å². The monoisotopic (exact) mass is 273 g/mol. The molecule has 2 rings (SSSR count). The Kier molecular flexibility index (Phi) is 5.32. The van der Waals surface area contributed by atoms with Crippen LogP contribution in [0.2, 0.25) is 0 Å². The van der Waals surface area contributed by atoms with Crippen LogP contribution < -0.4 is 5.32 Å². The number of aromatic nitrogens is 2. The quantitative estimate of drug-likeness (QED) is 0.814. The van der Waals surface area contributed by atoms with E-state index in [1.54, 1.807) is 6.20 Å². The first-order valence-corrected chi connectivity index (χ1v) is 7.10. The summed E-state index contributed by atoms with van der Waals surface area (Å²) in [7, 11) is 0. The summed E-state index contributed by atoms with van der Waals surface area (Å²) in [6.07, 6.45) is 4.29. The molecule has 0 fully saturated rings. The van der Waals surface area contributed by atoms with Crippen LogP contribution in [0.5, 0.6) is 0 Å². The molecular weight excluding hydrogens is 250 g/mol. The van der Waals surface area contributed by atoms with Crippen molar-refractivity contribution >= 4 is 0 Å². The van der Waals surface area contributed by atoms with E-state index in [9.17, 15) is 5.11 Å². The summed E-state index contributed by atoms with van der Waals surface area (Å²) in [6.45, 7) is 5.64. The molecule has 2 unspecified atom stereocenters. The van der Waals surface area contributed by atoms with Crippen LogP contribution in [0.25, 0.3) is 0 Å². The van der Waals surface area contributed by atoms with E-state index in [0.29, 0.717) is 12.6 Å². The van der Waals surface area contributed by atoms with Gasteiger partial charge in [-0.2, -0.15) is 5.10 Å². The van der Waals surface area contributed by atoms with E-state index in [1.807, 2.05) is 48.1 Å². The van der Waals surface area contributed by atoms with Gasteiger partial charge in [0, 0.05) is 31.5 Å². The van der Waals surface area contributed by atoms with E-state index in [2.05, 4.69) is 17.3 Å². The maximum atomic E-state index is 10.1. The number of nitrogens with zero attached hydrogens (tertiary/aromatic N) is 2. The Bertz CT molecular complexity index is 493. The van der Waals surface area contributed by atoms with Gasteiger partial charge in [0.1, 0.15) is 0 Å². The molecule has 2 atom stereocenters. The van der Waals surface area contributed by atoms with Crippen molar-refractivity contribution in [1.29, 1.82) is 0 Å². The SMILES string of the molecule is Cc1ccc(C(O)CNC(C)CCn2cccn2)cc1. The standard InChI is InChI=1S/C16H23N3O/c1-13-4-6-15(7-5-13)16(20)12-17-14(2)8-11-19-10-3-9-18-19/h3-7,9-10,14,16-17,20H,8,11-12H2,1-2H3. The number of benzene rings is 1. The Morgan fingerprint density at radius 2 is 2.05 bits per heavy atom. The maximum Gasteiger partial charge on any atom is 0.0914 e. The molecule has 0 saturated carbocycles. The van der Waals surface area contributed by atoms with Crippen LogP contribution in [0.4, 0.5) is 0 Å². The van der Waals surface area contributed by atoms with Crippen molar-refractivity contribution in [2.45, 2.75) is 39.0 Å². The highest BCUT2D eigenvalue weighted by atomic mass is 16.3. The molecule has 0 bridgehead atoms. The minimum atomic E-state index is -0.456. The van der Waals surface area contributed by atoms with Gasteiger partial charge in [0.25, 0.3) is 0 Å². The average Bonchev–Trinajstić information content (AvgIpc) is 2.96. The Morgan fingerprint density at radius 3 is 2.70 bits per heavy atom. The van der Waals surface area contributed by atoms with Crippen molar-refractivity contribution in [1.82, 2.24) is 15.1 Å². The van der Waals surface area contributed by atoms with Crippen LogP contribution >= 0.6 is 0 Å². The third-order valence-electron chi connectivity index (χ3n) is 3.47. The summed E-state index contributed by atoms with van der Waals surface area (Å²) in [5.41, 5.74) is 2.17. The van der Waals surface area contributed by atoms with Crippen LogP contribution in [0.3, 0.4) is 0 Å². The lowest BCUT2D eigenvalue weighted by Gasteiger charge is -2.17. The zero-order valence-electron chi connectivity index (χ0n) is 12.2. The number of nitrogens with one attached hydrogen (secondary N) is 1. The summed E-state index contributed by atoms with van der Waals surface area (Å²) in [5, 5.41) is 17.7. The minimum absolute atomic E-state index is 0.347. The smallest absolute Gasteiger partial charge is 0.0914 e. The van der Waals surface area contributed by atoms with Gasteiger partial charge in [-0.1, -0.05) is 29.8 Å². The highest BCUT2D eigenvalue weighted by Crippen LogP contribution is 2.13. The second kappa shape index (κ2) is 7.22. The van der Waals surface area contributed by atoms with Gasteiger partial charge in [-0.3, -0.25) is 4.68 Å². The van der Waals surface area contributed by atoms with Crippen molar-refractivity contribution in [3.8, 4) is 0 Å². The number of aliphatic hydroxyl groups is 1. The molecule has 0 radical (unpaired) electrons. The lowest BCUT2D eigenvalue weighted by atomic mass is 10.1. The molecule has 1 aromatic carbocycles. The van der Waals surface area contributed by atoms with E-state index in [-0.39, 0.29) is 0 Å². The first kappa shape index (κ1) is 14.8. The second-order valence-electron chi connectivity index (χ2n) is 5.29. The number of hydrogen-bond acceptors (Lipinski definition) is 3. The van der Waals surface area contributed by atoms with Gasteiger partial charge in [0.05, 0.1) is 6.10 Å². The average molecular weight is 273 g/mol. The third kappa shape index (κ3) is 4.47. The van der Waals surface area contributed by atoms with Gasteiger partial charge >= 0.3 is 0 Å². The molecule has 0 aliphatic heterocycles. The lowest BCUT2D eigenvalue weighted by Crippen LogP contribution is -2.31. The predicted molar refractivity (Wildman–Crippen MR) is 80.4 cm³/mol. The van der Waals surface area contributed by atoms with E-state index >= 15 is 0 Å². The third-order valence-corrected chi connectivity index (χ3v) is 3.47. The van der Waals surface area contributed by atoms with E-state index < -0.39 is 6.10 Å². The summed E-state index contributed by atoms with van der Waals surface area (Å²) < 4.78 is 1.93. The predicted octanol–water partition coefficient (Wildman–Crippen LogP) is 2.29. The normalized spacial score (nSPS) is 14.2. The van der Waals surface area contributed by atoms with Crippen molar-refractivity contribution in [2.75, 3.05) is 6.54 Å². The first-order chi connectivity index (χ1) is 9.65. The first-order valence-electron chi connectivity index (χ1n) is 7.10. The molecule has 2 N–H and O–H groups in total. The molecule has 0 spiro atoms.